The highest BCUT2D eigenvalue weighted by atomic mass is 19.1. The lowest BCUT2D eigenvalue weighted by atomic mass is 10.3. The van der Waals surface area contributed by atoms with Crippen molar-refractivity contribution < 1.29 is 4.39 Å². The first-order valence-electron chi connectivity index (χ1n) is 2.21. The number of rotatable bonds is 0. The van der Waals surface area contributed by atoms with E-state index in [0.717, 1.165) is 6.42 Å². The summed E-state index contributed by atoms with van der Waals surface area (Å²) in [5.74, 6) is 0. The van der Waals surface area contributed by atoms with Gasteiger partial charge in [0.25, 0.3) is 0 Å². The van der Waals surface area contributed by atoms with Gasteiger partial charge in [-0.2, -0.15) is 0 Å². The predicted molar refractivity (Wildman–Crippen MR) is 22.5 cm³/mol. The molecule has 0 saturated heterocycles. The molecular formula is C5H7F. The van der Waals surface area contributed by atoms with Gasteiger partial charge in [0.15, 0.2) is 0 Å². The zero-order chi connectivity index (χ0) is 4.41. The molecular weight excluding hydrogens is 79.1 g/mol. The average molecular weight is 86.1 g/mol. The van der Waals surface area contributed by atoms with Crippen LogP contribution in [0.2, 0.25) is 0 Å². The summed E-state index contributed by atoms with van der Waals surface area (Å²) in [6, 6.07) is 0. The van der Waals surface area contributed by atoms with E-state index >= 15 is 0 Å². The summed E-state index contributed by atoms with van der Waals surface area (Å²) in [6.45, 7) is 0. The lowest BCUT2D eigenvalue weighted by Crippen LogP contribution is -1.71. The van der Waals surface area contributed by atoms with E-state index in [4.69, 9.17) is 0 Å². The van der Waals surface area contributed by atoms with Crippen LogP contribution in [-0.4, -0.2) is 0 Å². The van der Waals surface area contributed by atoms with Crippen molar-refractivity contribution in [2.24, 2.45) is 0 Å². The Morgan fingerprint density at radius 2 is 2.50 bits per heavy atom. The van der Waals surface area contributed by atoms with Gasteiger partial charge < -0.3 is 0 Å². The van der Waals surface area contributed by atoms with Gasteiger partial charge >= 0.3 is 0 Å². The number of hydrogen-bond acceptors (Lipinski definition) is 0. The van der Waals surface area contributed by atoms with E-state index in [9.17, 15) is 4.39 Å². The smallest absolute Gasteiger partial charge is 0.145 e. The summed E-state index contributed by atoms with van der Waals surface area (Å²) in [4.78, 5) is 0. The summed E-state index contributed by atoms with van der Waals surface area (Å²) in [7, 11) is 0. The summed E-state index contributed by atoms with van der Waals surface area (Å²) < 4.78 is 11.8. The van der Waals surface area contributed by atoms with Crippen molar-refractivity contribution >= 4 is 0 Å². The lowest BCUT2D eigenvalue weighted by molar-refractivity contribution is 0.482. The van der Waals surface area contributed by atoms with Crippen LogP contribution in [0, 0.1) is 12.6 Å². The zero-order valence-electron chi connectivity index (χ0n) is 3.58. The Bertz CT molecular complexity index is 37.2. The van der Waals surface area contributed by atoms with Crippen LogP contribution in [-0.2, 0) is 0 Å². The monoisotopic (exact) mass is 86.1 g/mol. The van der Waals surface area contributed by atoms with Crippen LogP contribution in [0.5, 0.6) is 0 Å². The van der Waals surface area contributed by atoms with Crippen molar-refractivity contribution in [3.05, 3.63) is 12.6 Å². The van der Waals surface area contributed by atoms with Crippen LogP contribution in [0.4, 0.5) is 4.39 Å². The van der Waals surface area contributed by atoms with Gasteiger partial charge in [0.2, 0.25) is 0 Å². The molecule has 0 spiro atoms. The maximum Gasteiger partial charge on any atom is 0.145 e. The third kappa shape index (κ3) is 0.703. The Labute approximate surface area is 37.4 Å². The highest BCUT2D eigenvalue weighted by molar-refractivity contribution is 4.92. The van der Waals surface area contributed by atoms with Crippen LogP contribution in [0.1, 0.15) is 19.3 Å². The van der Waals surface area contributed by atoms with Gasteiger partial charge in [0.05, 0.1) is 0 Å². The summed E-state index contributed by atoms with van der Waals surface area (Å²) >= 11 is 0. The van der Waals surface area contributed by atoms with Gasteiger partial charge in [-0.1, -0.05) is 0 Å². The van der Waals surface area contributed by atoms with E-state index in [2.05, 4.69) is 0 Å². The molecule has 0 amide bonds. The quantitative estimate of drug-likeness (QED) is 0.422. The van der Waals surface area contributed by atoms with Crippen LogP contribution in [0.3, 0.4) is 0 Å². The van der Waals surface area contributed by atoms with E-state index in [1.54, 1.807) is 0 Å². The Hall–Kier alpha value is -0.0700. The summed E-state index contributed by atoms with van der Waals surface area (Å²) in [5, 5.41) is 0. The van der Waals surface area contributed by atoms with Gasteiger partial charge in [0.1, 0.15) is 6.17 Å². The van der Waals surface area contributed by atoms with Crippen molar-refractivity contribution in [3.8, 4) is 0 Å². The molecule has 1 fully saturated rings. The molecule has 6 heavy (non-hydrogen) atoms. The van der Waals surface area contributed by atoms with Crippen molar-refractivity contribution in [1.82, 2.24) is 0 Å². The Morgan fingerprint density at radius 3 is 2.67 bits per heavy atom. The van der Waals surface area contributed by atoms with E-state index in [1.807, 2.05) is 6.42 Å². The van der Waals surface area contributed by atoms with Gasteiger partial charge in [-0.05, 0) is 25.7 Å². The standard InChI is InChI=1S/C5H7F/c6-5-3-1-2-4-5/h1H,2-4H2. The number of hydrogen-bond donors (Lipinski definition) is 0. The first-order valence-corrected chi connectivity index (χ1v) is 2.21. The van der Waals surface area contributed by atoms with Crippen LogP contribution >= 0.6 is 0 Å². The molecule has 1 heteroatoms. The molecule has 0 aliphatic heterocycles. The molecule has 2 radical (unpaired) electrons. The average Bonchev–Trinajstić information content (AvgIpc) is 1.86. The molecule has 1 aliphatic rings. The maximum atomic E-state index is 11.8. The fourth-order valence-corrected chi connectivity index (χ4v) is 0.619. The van der Waals surface area contributed by atoms with Crippen molar-refractivity contribution in [2.45, 2.75) is 19.3 Å². The van der Waals surface area contributed by atoms with Crippen molar-refractivity contribution in [3.63, 3.8) is 0 Å². The summed E-state index contributed by atoms with van der Waals surface area (Å²) in [6.07, 6.45) is 4.36. The van der Waals surface area contributed by atoms with E-state index in [0.29, 0.717) is 12.8 Å². The SMILES string of the molecule is F[C]1C[CH]CC1. The molecule has 0 bridgehead atoms. The van der Waals surface area contributed by atoms with E-state index in [-0.39, 0.29) is 6.17 Å². The topological polar surface area (TPSA) is 0 Å². The van der Waals surface area contributed by atoms with Gasteiger partial charge in [-0.15, -0.1) is 0 Å². The third-order valence-corrected chi connectivity index (χ3v) is 0.986. The minimum absolute atomic E-state index is 0.148. The largest absolute Gasteiger partial charge is 0.240 e. The first-order chi connectivity index (χ1) is 2.89. The molecule has 0 heterocycles. The molecule has 1 rings (SSSR count). The zero-order valence-corrected chi connectivity index (χ0v) is 3.58. The maximum absolute atomic E-state index is 11.8. The van der Waals surface area contributed by atoms with Crippen LogP contribution in [0.15, 0.2) is 0 Å². The fraction of sp³-hybridized carbons (Fsp3) is 0.600. The van der Waals surface area contributed by atoms with Crippen LogP contribution < -0.4 is 0 Å². The fourth-order valence-electron chi connectivity index (χ4n) is 0.619. The highest BCUT2D eigenvalue weighted by Gasteiger charge is 2.13. The molecule has 1 saturated carbocycles. The molecule has 0 aromatic rings. The van der Waals surface area contributed by atoms with Gasteiger partial charge in [-0.3, -0.25) is 0 Å². The molecule has 0 atom stereocenters. The minimum Gasteiger partial charge on any atom is -0.240 e. The van der Waals surface area contributed by atoms with Crippen LogP contribution in [0.25, 0.3) is 0 Å². The van der Waals surface area contributed by atoms with Gasteiger partial charge in [-0.25, -0.2) is 4.39 Å². The lowest BCUT2D eigenvalue weighted by Gasteiger charge is -1.84. The molecule has 34 valence electrons. The molecule has 0 nitrogen and oxygen atoms in total. The van der Waals surface area contributed by atoms with E-state index < -0.39 is 0 Å². The summed E-state index contributed by atoms with van der Waals surface area (Å²) in [5.41, 5.74) is 0. The Kier molecular flexibility index (Phi) is 1.08. The molecule has 0 aromatic carbocycles. The second-order valence-corrected chi connectivity index (χ2v) is 1.55. The van der Waals surface area contributed by atoms with Gasteiger partial charge in [0, 0.05) is 0 Å². The Balaban J connectivity index is 2.18. The Morgan fingerprint density at radius 1 is 1.67 bits per heavy atom. The van der Waals surface area contributed by atoms with E-state index in [1.165, 1.54) is 0 Å². The molecule has 0 aromatic heterocycles. The highest BCUT2D eigenvalue weighted by Crippen LogP contribution is 2.26. The normalized spacial score (nSPS) is 25.5. The molecule has 1 aliphatic carbocycles. The number of halogens is 1. The molecule has 0 unspecified atom stereocenters. The second kappa shape index (κ2) is 1.59. The molecule has 0 N–H and O–H groups in total. The second-order valence-electron chi connectivity index (χ2n) is 1.55. The first kappa shape index (κ1) is 4.10. The third-order valence-electron chi connectivity index (χ3n) is 0.986. The van der Waals surface area contributed by atoms with Crippen molar-refractivity contribution in [1.29, 1.82) is 0 Å². The van der Waals surface area contributed by atoms with Crippen molar-refractivity contribution in [2.75, 3.05) is 0 Å². The predicted octanol–water partition coefficient (Wildman–Crippen LogP) is 1.88. The minimum atomic E-state index is 0.148.